The van der Waals surface area contributed by atoms with Crippen molar-refractivity contribution in [3.63, 3.8) is 0 Å². The van der Waals surface area contributed by atoms with Crippen LogP contribution in [0.25, 0.3) is 0 Å². The number of anilines is 1. The first-order chi connectivity index (χ1) is 9.97. The minimum absolute atomic E-state index is 0.0440. The van der Waals surface area contributed by atoms with Gasteiger partial charge in [0, 0.05) is 12.7 Å². The van der Waals surface area contributed by atoms with Gasteiger partial charge < -0.3 is 10.6 Å². The Morgan fingerprint density at radius 3 is 2.38 bits per heavy atom. The molecule has 0 bridgehead atoms. The summed E-state index contributed by atoms with van der Waals surface area (Å²) in [6.45, 7) is 2.02. The summed E-state index contributed by atoms with van der Waals surface area (Å²) in [5.41, 5.74) is 7.38. The fourth-order valence-corrected chi connectivity index (χ4v) is 3.46. The van der Waals surface area contributed by atoms with Crippen LogP contribution in [0.4, 0.5) is 5.69 Å². The zero-order valence-corrected chi connectivity index (χ0v) is 13.7. The maximum atomic E-state index is 13.1. The molecule has 114 valence electrons. The molecule has 1 amide bonds. The predicted octanol–water partition coefficient (Wildman–Crippen LogP) is 3.58. The average Bonchev–Trinajstić information content (AvgIpc) is 2.72. The summed E-state index contributed by atoms with van der Waals surface area (Å²) < 4.78 is 0. The summed E-state index contributed by atoms with van der Waals surface area (Å²) in [7, 11) is 1.82. The minimum atomic E-state index is -0.662. The monoisotopic (exact) mass is 304 g/mol. The Balaban J connectivity index is 2.31. The SMILES string of the molecule is Cc1cccc(N(C)C(=O)C2(C(N)=S)CCCCCC2)c1. The lowest BCUT2D eigenvalue weighted by molar-refractivity contribution is -0.125. The number of rotatable bonds is 3. The normalized spacial score (nSPS) is 17.8. The highest BCUT2D eigenvalue weighted by atomic mass is 32.1. The van der Waals surface area contributed by atoms with Gasteiger partial charge in [-0.1, -0.05) is 50.0 Å². The topological polar surface area (TPSA) is 46.3 Å². The summed E-state index contributed by atoms with van der Waals surface area (Å²) in [4.78, 5) is 15.2. The summed E-state index contributed by atoms with van der Waals surface area (Å²) in [5, 5.41) is 0. The second kappa shape index (κ2) is 6.56. The van der Waals surface area contributed by atoms with Gasteiger partial charge in [0.15, 0.2) is 0 Å². The number of benzene rings is 1. The number of hydrogen-bond acceptors (Lipinski definition) is 2. The number of hydrogen-bond donors (Lipinski definition) is 1. The standard InChI is InChI=1S/C17H24N2OS/c1-13-8-7-9-14(12-13)19(2)16(20)17(15(18)21)10-5-3-4-6-11-17/h7-9,12H,3-6,10-11H2,1-2H3,(H2,18,21). The first-order valence-electron chi connectivity index (χ1n) is 7.62. The van der Waals surface area contributed by atoms with Crippen LogP contribution in [0, 0.1) is 12.3 Å². The van der Waals surface area contributed by atoms with E-state index < -0.39 is 5.41 Å². The Hall–Kier alpha value is -1.42. The molecule has 1 aromatic rings. The number of thiocarbonyl (C=S) groups is 1. The third kappa shape index (κ3) is 3.26. The van der Waals surface area contributed by atoms with Gasteiger partial charge in [0.2, 0.25) is 5.91 Å². The third-order valence-electron chi connectivity index (χ3n) is 4.53. The molecule has 1 aliphatic rings. The number of nitrogens with zero attached hydrogens (tertiary/aromatic N) is 1. The van der Waals surface area contributed by atoms with Gasteiger partial charge in [-0.2, -0.15) is 0 Å². The average molecular weight is 304 g/mol. The van der Waals surface area contributed by atoms with Gasteiger partial charge in [0.25, 0.3) is 0 Å². The Labute approximate surface area is 132 Å². The highest BCUT2D eigenvalue weighted by Crippen LogP contribution is 2.38. The van der Waals surface area contributed by atoms with Crippen LogP contribution >= 0.6 is 12.2 Å². The second-order valence-corrected chi connectivity index (χ2v) is 6.50. The Kier molecular flexibility index (Phi) is 4.99. The lowest BCUT2D eigenvalue weighted by atomic mass is 9.78. The molecule has 0 aliphatic heterocycles. The van der Waals surface area contributed by atoms with E-state index in [9.17, 15) is 4.79 Å². The van der Waals surface area contributed by atoms with Crippen molar-refractivity contribution in [1.29, 1.82) is 0 Å². The molecule has 2 rings (SSSR count). The van der Waals surface area contributed by atoms with Crippen molar-refractivity contribution in [2.45, 2.75) is 45.4 Å². The fourth-order valence-electron chi connectivity index (χ4n) is 3.17. The van der Waals surface area contributed by atoms with Crippen molar-refractivity contribution in [1.82, 2.24) is 0 Å². The summed E-state index contributed by atoms with van der Waals surface area (Å²) in [6, 6.07) is 7.96. The predicted molar refractivity (Wildman–Crippen MR) is 91.5 cm³/mol. The first kappa shape index (κ1) is 16.0. The van der Waals surface area contributed by atoms with E-state index >= 15 is 0 Å². The van der Waals surface area contributed by atoms with E-state index in [0.29, 0.717) is 4.99 Å². The largest absolute Gasteiger partial charge is 0.392 e. The Morgan fingerprint density at radius 1 is 1.24 bits per heavy atom. The quantitative estimate of drug-likeness (QED) is 0.686. The van der Waals surface area contributed by atoms with E-state index in [1.807, 2.05) is 38.2 Å². The number of aryl methyl sites for hydroxylation is 1. The van der Waals surface area contributed by atoms with Crippen LogP contribution < -0.4 is 10.6 Å². The lowest BCUT2D eigenvalue weighted by Gasteiger charge is -2.34. The highest BCUT2D eigenvalue weighted by Gasteiger charge is 2.43. The Morgan fingerprint density at radius 2 is 1.86 bits per heavy atom. The van der Waals surface area contributed by atoms with Crippen LogP contribution in [0.3, 0.4) is 0 Å². The molecule has 1 aromatic carbocycles. The summed E-state index contributed by atoms with van der Waals surface area (Å²) >= 11 is 5.29. The van der Waals surface area contributed by atoms with Crippen molar-refractivity contribution in [3.05, 3.63) is 29.8 Å². The number of amides is 1. The van der Waals surface area contributed by atoms with Gasteiger partial charge in [-0.05, 0) is 37.5 Å². The highest BCUT2D eigenvalue weighted by molar-refractivity contribution is 7.80. The van der Waals surface area contributed by atoms with Crippen LogP contribution in [0.5, 0.6) is 0 Å². The smallest absolute Gasteiger partial charge is 0.239 e. The molecule has 0 atom stereocenters. The molecule has 4 heteroatoms. The first-order valence-corrected chi connectivity index (χ1v) is 8.03. The molecule has 0 radical (unpaired) electrons. The molecule has 3 nitrogen and oxygen atoms in total. The molecule has 1 aliphatic carbocycles. The molecule has 1 saturated carbocycles. The van der Waals surface area contributed by atoms with E-state index in [1.54, 1.807) is 4.90 Å². The van der Waals surface area contributed by atoms with Gasteiger partial charge >= 0.3 is 0 Å². The molecule has 2 N–H and O–H groups in total. The van der Waals surface area contributed by atoms with E-state index in [4.69, 9.17) is 18.0 Å². The fraction of sp³-hybridized carbons (Fsp3) is 0.529. The minimum Gasteiger partial charge on any atom is -0.392 e. The van der Waals surface area contributed by atoms with Crippen molar-refractivity contribution in [2.75, 3.05) is 11.9 Å². The van der Waals surface area contributed by atoms with E-state index in [-0.39, 0.29) is 5.91 Å². The van der Waals surface area contributed by atoms with E-state index in [1.165, 1.54) is 0 Å². The number of carbonyl (C=O) groups is 1. The Bertz CT molecular complexity index is 533. The molecule has 0 aromatic heterocycles. The number of carbonyl (C=O) groups excluding carboxylic acids is 1. The van der Waals surface area contributed by atoms with Crippen LogP contribution in [0.2, 0.25) is 0 Å². The summed E-state index contributed by atoms with van der Waals surface area (Å²) in [5.74, 6) is 0.0440. The van der Waals surface area contributed by atoms with Crippen molar-refractivity contribution in [2.24, 2.45) is 11.1 Å². The third-order valence-corrected chi connectivity index (χ3v) is 4.92. The molecule has 0 spiro atoms. The molecule has 21 heavy (non-hydrogen) atoms. The van der Waals surface area contributed by atoms with Crippen LogP contribution in [-0.4, -0.2) is 17.9 Å². The van der Waals surface area contributed by atoms with Gasteiger partial charge in [0.1, 0.15) is 0 Å². The molecule has 0 unspecified atom stereocenters. The van der Waals surface area contributed by atoms with E-state index in [2.05, 4.69) is 0 Å². The zero-order chi connectivity index (χ0) is 15.5. The van der Waals surface area contributed by atoms with Crippen molar-refractivity contribution < 1.29 is 4.79 Å². The van der Waals surface area contributed by atoms with Crippen LogP contribution in [0.15, 0.2) is 24.3 Å². The maximum absolute atomic E-state index is 13.1. The zero-order valence-electron chi connectivity index (χ0n) is 12.9. The van der Waals surface area contributed by atoms with E-state index in [0.717, 1.165) is 49.8 Å². The molecule has 1 fully saturated rings. The lowest BCUT2D eigenvalue weighted by Crippen LogP contribution is -2.49. The molecule has 0 saturated heterocycles. The van der Waals surface area contributed by atoms with Crippen LogP contribution in [0.1, 0.15) is 44.1 Å². The van der Waals surface area contributed by atoms with Gasteiger partial charge in [-0.15, -0.1) is 0 Å². The molecular weight excluding hydrogens is 280 g/mol. The van der Waals surface area contributed by atoms with Crippen molar-refractivity contribution in [3.8, 4) is 0 Å². The number of nitrogens with two attached hydrogens (primary N) is 1. The second-order valence-electron chi connectivity index (χ2n) is 6.06. The van der Waals surface area contributed by atoms with Gasteiger partial charge in [-0.3, -0.25) is 4.79 Å². The van der Waals surface area contributed by atoms with Crippen molar-refractivity contribution >= 4 is 28.8 Å². The van der Waals surface area contributed by atoms with Crippen LogP contribution in [-0.2, 0) is 4.79 Å². The molecular formula is C17H24N2OS. The van der Waals surface area contributed by atoms with Gasteiger partial charge in [0.05, 0.1) is 10.4 Å². The van der Waals surface area contributed by atoms with Gasteiger partial charge in [-0.25, -0.2) is 0 Å². The summed E-state index contributed by atoms with van der Waals surface area (Å²) in [6.07, 6.45) is 5.90. The maximum Gasteiger partial charge on any atom is 0.239 e. The molecule has 0 heterocycles.